The van der Waals surface area contributed by atoms with E-state index in [0.717, 1.165) is 92.8 Å². The van der Waals surface area contributed by atoms with E-state index in [9.17, 15) is 9.59 Å². The summed E-state index contributed by atoms with van der Waals surface area (Å²) < 4.78 is 21.9. The summed E-state index contributed by atoms with van der Waals surface area (Å²) in [5, 5.41) is 0. The first kappa shape index (κ1) is 34.4. The zero-order chi connectivity index (χ0) is 38.7. The molecule has 0 aliphatic carbocycles. The maximum absolute atomic E-state index is 13.5. The Morgan fingerprint density at radius 3 is 1.43 bits per heavy atom. The second-order valence-electron chi connectivity index (χ2n) is 15.5. The highest BCUT2D eigenvalue weighted by atomic mass is 16.7. The van der Waals surface area contributed by atoms with Crippen LogP contribution in [0.25, 0.3) is 44.3 Å². The summed E-state index contributed by atoms with van der Waals surface area (Å²) in [6, 6.07) is 32.4. The average Bonchev–Trinajstić information content (AvgIpc) is 4.10. The maximum atomic E-state index is 13.5. The fourth-order valence-electron chi connectivity index (χ4n) is 8.94. The molecular formula is C46H40N6O6. The largest absolute Gasteiger partial charge is 0.454 e. The maximum Gasteiger partial charge on any atom is 0.231 e. The van der Waals surface area contributed by atoms with Gasteiger partial charge in [0.1, 0.15) is 11.6 Å². The summed E-state index contributed by atoms with van der Waals surface area (Å²) in [7, 11) is 0. The highest BCUT2D eigenvalue weighted by Crippen LogP contribution is 2.38. The van der Waals surface area contributed by atoms with Gasteiger partial charge in [-0.15, -0.1) is 0 Å². The van der Waals surface area contributed by atoms with Gasteiger partial charge in [0.2, 0.25) is 25.4 Å². The van der Waals surface area contributed by atoms with Crippen LogP contribution in [0.15, 0.2) is 97.1 Å². The molecular weight excluding hydrogens is 733 g/mol. The van der Waals surface area contributed by atoms with Crippen molar-refractivity contribution in [2.75, 3.05) is 26.7 Å². The zero-order valence-corrected chi connectivity index (χ0v) is 31.7. The first-order valence-electron chi connectivity index (χ1n) is 20.0. The number of benzene rings is 5. The summed E-state index contributed by atoms with van der Waals surface area (Å²) in [6.07, 6.45) is 4.21. The Bertz CT molecular complexity index is 2550. The molecule has 0 spiro atoms. The molecule has 6 heterocycles. The van der Waals surface area contributed by atoms with Crippen molar-refractivity contribution in [2.24, 2.45) is 0 Å². The van der Waals surface area contributed by atoms with Crippen molar-refractivity contribution >= 4 is 33.9 Å². The fourth-order valence-corrected chi connectivity index (χ4v) is 8.94. The number of ether oxygens (including phenoxy) is 4. The van der Waals surface area contributed by atoms with E-state index in [-0.39, 0.29) is 37.5 Å². The third kappa shape index (κ3) is 6.25. The number of carbonyl (C=O) groups excluding carboxylic acids is 2. The molecule has 2 atom stereocenters. The van der Waals surface area contributed by atoms with Crippen LogP contribution >= 0.6 is 0 Å². The number of rotatable bonds is 8. The van der Waals surface area contributed by atoms with E-state index in [1.807, 2.05) is 58.3 Å². The van der Waals surface area contributed by atoms with Gasteiger partial charge in [-0.05, 0) is 108 Å². The van der Waals surface area contributed by atoms with Crippen molar-refractivity contribution in [3.63, 3.8) is 0 Å². The van der Waals surface area contributed by atoms with Crippen LogP contribution in [0.4, 0.5) is 0 Å². The lowest BCUT2D eigenvalue weighted by Crippen LogP contribution is -2.32. The molecule has 0 saturated carbocycles. The Labute approximate surface area is 333 Å². The normalized spacial score (nSPS) is 18.2. The van der Waals surface area contributed by atoms with E-state index < -0.39 is 0 Å². The van der Waals surface area contributed by atoms with Crippen LogP contribution in [0.2, 0.25) is 0 Å². The predicted octanol–water partition coefficient (Wildman–Crippen LogP) is 8.04. The molecule has 4 aliphatic heterocycles. The van der Waals surface area contributed by atoms with Gasteiger partial charge in [0.15, 0.2) is 23.0 Å². The first-order valence-corrected chi connectivity index (χ1v) is 20.0. The number of hydrogen-bond donors (Lipinski definition) is 2. The van der Waals surface area contributed by atoms with Gasteiger partial charge in [-0.25, -0.2) is 9.97 Å². The molecule has 2 fully saturated rings. The van der Waals surface area contributed by atoms with Crippen LogP contribution in [0.1, 0.15) is 60.5 Å². The SMILES string of the molecule is O=C(Cc1ccc2c(c1)OCO2)N1CCCC1c1nc2ccc(-c3ccc(-c4ccc5nc(C6CCCN6C(=O)Cc6ccc7c(c6)OCO7)[nH]c5c4)cc3)cc2[nH]1. The number of amides is 2. The number of H-pyrrole nitrogens is 2. The molecule has 2 unspecified atom stereocenters. The second-order valence-corrected chi connectivity index (χ2v) is 15.5. The van der Waals surface area contributed by atoms with Gasteiger partial charge in [-0.2, -0.15) is 0 Å². The summed E-state index contributed by atoms with van der Waals surface area (Å²) in [4.78, 5) is 47.9. The minimum Gasteiger partial charge on any atom is -0.454 e. The average molecular weight is 773 g/mol. The first-order chi connectivity index (χ1) is 28.5. The van der Waals surface area contributed by atoms with Crippen molar-refractivity contribution in [1.82, 2.24) is 29.7 Å². The number of aromatic amines is 2. The molecule has 7 aromatic rings. The molecule has 2 amide bonds. The van der Waals surface area contributed by atoms with Gasteiger partial charge in [-0.3, -0.25) is 9.59 Å². The van der Waals surface area contributed by atoms with E-state index in [1.165, 1.54) is 0 Å². The molecule has 12 nitrogen and oxygen atoms in total. The van der Waals surface area contributed by atoms with Crippen molar-refractivity contribution in [3.05, 3.63) is 120 Å². The Morgan fingerprint density at radius 2 is 0.966 bits per heavy atom. The van der Waals surface area contributed by atoms with Gasteiger partial charge in [-0.1, -0.05) is 48.5 Å². The fraction of sp³-hybridized carbons (Fsp3) is 0.261. The minimum absolute atomic E-state index is 0.0802. The van der Waals surface area contributed by atoms with Gasteiger partial charge in [0, 0.05) is 13.1 Å². The molecule has 58 heavy (non-hydrogen) atoms. The second kappa shape index (κ2) is 14.0. The minimum atomic E-state index is -0.0909. The summed E-state index contributed by atoms with van der Waals surface area (Å²) in [5.41, 5.74) is 9.84. The standard InChI is InChI=1S/C46H40N6O6/c53-43(21-27-5-15-39-41(19-27)57-25-55-39)51-17-1-3-37(51)45-47-33-13-11-31(23-35(33)49-45)29-7-9-30(10-8-29)32-12-14-34-36(24-32)50-46(48-34)38-4-2-18-52(38)44(54)22-28-6-16-40-42(20-28)58-26-56-40/h5-16,19-20,23-24,37-38H,1-4,17-18,21-22,25-26H2,(H,47,49)(H,48,50). The predicted molar refractivity (Wildman–Crippen MR) is 217 cm³/mol. The molecule has 0 bridgehead atoms. The smallest absolute Gasteiger partial charge is 0.231 e. The third-order valence-corrected chi connectivity index (χ3v) is 11.9. The lowest BCUT2D eigenvalue weighted by Gasteiger charge is -2.23. The van der Waals surface area contributed by atoms with Crippen LogP contribution < -0.4 is 18.9 Å². The Kier molecular flexibility index (Phi) is 8.30. The highest BCUT2D eigenvalue weighted by molar-refractivity contribution is 5.86. The van der Waals surface area contributed by atoms with Crippen molar-refractivity contribution < 1.29 is 28.5 Å². The topological polar surface area (TPSA) is 135 Å². The molecule has 0 radical (unpaired) electrons. The Hall–Kier alpha value is -6.82. The molecule has 290 valence electrons. The number of aromatic nitrogens is 4. The lowest BCUT2D eigenvalue weighted by molar-refractivity contribution is -0.132. The third-order valence-electron chi connectivity index (χ3n) is 11.9. The molecule has 12 heteroatoms. The van der Waals surface area contributed by atoms with Crippen molar-refractivity contribution in [1.29, 1.82) is 0 Å². The lowest BCUT2D eigenvalue weighted by atomic mass is 10.00. The number of nitrogens with zero attached hydrogens (tertiary/aromatic N) is 4. The molecule has 2 aromatic heterocycles. The Balaban J connectivity index is 0.774. The number of carbonyl (C=O) groups is 2. The van der Waals surface area contributed by atoms with Gasteiger partial charge >= 0.3 is 0 Å². The van der Waals surface area contributed by atoms with Gasteiger partial charge in [0.25, 0.3) is 0 Å². The number of fused-ring (bicyclic) bond motifs is 4. The van der Waals surface area contributed by atoms with Crippen LogP contribution in [-0.4, -0.2) is 68.2 Å². The molecule has 11 rings (SSSR count). The van der Waals surface area contributed by atoms with Crippen LogP contribution in [0.5, 0.6) is 23.0 Å². The monoisotopic (exact) mass is 772 g/mol. The molecule has 4 aliphatic rings. The molecule has 5 aromatic carbocycles. The van der Waals surface area contributed by atoms with E-state index >= 15 is 0 Å². The van der Waals surface area contributed by atoms with E-state index in [1.54, 1.807) is 0 Å². The quantitative estimate of drug-likeness (QED) is 0.159. The molecule has 2 saturated heterocycles. The summed E-state index contributed by atoms with van der Waals surface area (Å²) >= 11 is 0. The van der Waals surface area contributed by atoms with E-state index in [4.69, 9.17) is 28.9 Å². The van der Waals surface area contributed by atoms with E-state index in [2.05, 4.69) is 58.5 Å². The van der Waals surface area contributed by atoms with Crippen LogP contribution in [-0.2, 0) is 22.4 Å². The highest BCUT2D eigenvalue weighted by Gasteiger charge is 2.34. The number of likely N-dealkylation sites (tertiary alicyclic amines) is 2. The number of nitrogens with one attached hydrogen (secondary N) is 2. The zero-order valence-electron chi connectivity index (χ0n) is 31.7. The van der Waals surface area contributed by atoms with Crippen LogP contribution in [0.3, 0.4) is 0 Å². The van der Waals surface area contributed by atoms with Gasteiger partial charge < -0.3 is 38.7 Å². The van der Waals surface area contributed by atoms with E-state index in [0.29, 0.717) is 48.9 Å². The Morgan fingerprint density at radius 1 is 0.534 bits per heavy atom. The summed E-state index contributed by atoms with van der Waals surface area (Å²) in [5.74, 6) is 4.62. The summed E-state index contributed by atoms with van der Waals surface area (Å²) in [6.45, 7) is 1.84. The number of hydrogen-bond acceptors (Lipinski definition) is 8. The molecule has 2 N–H and O–H groups in total. The number of imidazole rings is 2. The van der Waals surface area contributed by atoms with Crippen molar-refractivity contribution in [2.45, 2.75) is 50.6 Å². The van der Waals surface area contributed by atoms with Crippen molar-refractivity contribution in [3.8, 4) is 45.3 Å². The van der Waals surface area contributed by atoms with Gasteiger partial charge in [0.05, 0.1) is 47.0 Å². The van der Waals surface area contributed by atoms with Crippen LogP contribution in [0, 0.1) is 0 Å².